The van der Waals surface area contributed by atoms with Gasteiger partial charge >= 0.3 is 0 Å². The lowest BCUT2D eigenvalue weighted by molar-refractivity contribution is 0.387. The number of pyridine rings is 1. The Morgan fingerprint density at radius 1 is 1.41 bits per heavy atom. The third kappa shape index (κ3) is 3.26. The first-order valence-corrected chi connectivity index (χ1v) is 6.09. The van der Waals surface area contributed by atoms with E-state index in [1.807, 2.05) is 13.0 Å². The van der Waals surface area contributed by atoms with Gasteiger partial charge in [-0.15, -0.1) is 0 Å². The van der Waals surface area contributed by atoms with Gasteiger partial charge < -0.3 is 9.84 Å². The Balaban J connectivity index is 1.87. The van der Waals surface area contributed by atoms with Crippen molar-refractivity contribution >= 4 is 21.7 Å². The van der Waals surface area contributed by atoms with Crippen LogP contribution in [0.3, 0.4) is 0 Å². The van der Waals surface area contributed by atoms with Crippen molar-refractivity contribution in [2.24, 2.45) is 0 Å². The van der Waals surface area contributed by atoms with E-state index in [4.69, 9.17) is 4.52 Å². The minimum Gasteiger partial charge on any atom is -0.370 e. The van der Waals surface area contributed by atoms with Gasteiger partial charge in [0, 0.05) is 30.6 Å². The van der Waals surface area contributed by atoms with Gasteiger partial charge in [0.05, 0.1) is 0 Å². The Morgan fingerprint density at radius 3 is 2.88 bits per heavy atom. The minimum atomic E-state index is 0.595. The molecule has 0 radical (unpaired) electrons. The van der Waals surface area contributed by atoms with Gasteiger partial charge in [-0.25, -0.2) is 4.98 Å². The molecule has 1 N–H and O–H groups in total. The molecule has 5 nitrogen and oxygen atoms in total. The van der Waals surface area contributed by atoms with Crippen LogP contribution in [0.2, 0.25) is 0 Å². The van der Waals surface area contributed by atoms with Crippen LogP contribution in [0.25, 0.3) is 0 Å². The molecular weight excluding hydrogens is 284 g/mol. The van der Waals surface area contributed by atoms with Gasteiger partial charge in [-0.2, -0.15) is 4.98 Å². The summed E-state index contributed by atoms with van der Waals surface area (Å²) in [5.41, 5.74) is 1.15. The summed E-state index contributed by atoms with van der Waals surface area (Å²) in [5.74, 6) is 2.16. The molecule has 0 spiro atoms. The summed E-state index contributed by atoms with van der Waals surface area (Å²) in [6.07, 6.45) is 2.50. The standard InChI is InChI=1S/C11H13BrN4O/c1-7-5-11(14-6-9(7)12)13-4-3-10-15-8(2)17-16-10/h5-6H,3-4H2,1-2H3,(H,13,14). The number of hydrogen-bond acceptors (Lipinski definition) is 5. The molecule has 2 heterocycles. The zero-order chi connectivity index (χ0) is 12.3. The normalized spacial score (nSPS) is 10.5. The van der Waals surface area contributed by atoms with Gasteiger partial charge in [-0.1, -0.05) is 5.16 Å². The zero-order valence-corrected chi connectivity index (χ0v) is 11.3. The number of halogens is 1. The van der Waals surface area contributed by atoms with Crippen LogP contribution < -0.4 is 5.32 Å². The minimum absolute atomic E-state index is 0.595. The van der Waals surface area contributed by atoms with Crippen molar-refractivity contribution in [2.75, 3.05) is 11.9 Å². The van der Waals surface area contributed by atoms with Crippen LogP contribution in [0.4, 0.5) is 5.82 Å². The molecule has 0 fully saturated rings. The molecule has 2 aromatic rings. The third-order valence-corrected chi connectivity index (χ3v) is 3.10. The number of anilines is 1. The van der Waals surface area contributed by atoms with Crippen LogP contribution in [0.1, 0.15) is 17.3 Å². The second-order valence-corrected chi connectivity index (χ2v) is 4.58. The van der Waals surface area contributed by atoms with E-state index in [-0.39, 0.29) is 0 Å². The molecule has 0 amide bonds. The molecule has 2 aromatic heterocycles. The molecule has 0 aromatic carbocycles. The van der Waals surface area contributed by atoms with Crippen LogP contribution in [-0.2, 0) is 6.42 Å². The second kappa shape index (κ2) is 5.27. The zero-order valence-electron chi connectivity index (χ0n) is 9.70. The van der Waals surface area contributed by atoms with Gasteiger partial charge in [-0.3, -0.25) is 0 Å². The third-order valence-electron chi connectivity index (χ3n) is 2.27. The molecule has 0 atom stereocenters. The summed E-state index contributed by atoms with van der Waals surface area (Å²) in [4.78, 5) is 8.38. The number of aromatic nitrogens is 3. The fourth-order valence-corrected chi connectivity index (χ4v) is 1.60. The Morgan fingerprint density at radius 2 is 2.24 bits per heavy atom. The van der Waals surface area contributed by atoms with Crippen molar-refractivity contribution < 1.29 is 4.52 Å². The first-order valence-electron chi connectivity index (χ1n) is 5.30. The first kappa shape index (κ1) is 12.0. The smallest absolute Gasteiger partial charge is 0.223 e. The summed E-state index contributed by atoms with van der Waals surface area (Å²) in [5, 5.41) is 7.04. The van der Waals surface area contributed by atoms with Gasteiger partial charge in [0.2, 0.25) is 5.89 Å². The average molecular weight is 297 g/mol. The molecule has 17 heavy (non-hydrogen) atoms. The lowest BCUT2D eigenvalue weighted by Crippen LogP contribution is -2.07. The molecule has 90 valence electrons. The SMILES string of the molecule is Cc1nc(CCNc2cc(C)c(Br)cn2)no1. The molecule has 2 rings (SSSR count). The lowest BCUT2D eigenvalue weighted by atomic mass is 10.3. The van der Waals surface area contributed by atoms with Gasteiger partial charge in [0.15, 0.2) is 5.82 Å². The van der Waals surface area contributed by atoms with Gasteiger partial charge in [0.1, 0.15) is 5.82 Å². The van der Waals surface area contributed by atoms with Crippen molar-refractivity contribution in [3.63, 3.8) is 0 Å². The number of nitrogens with one attached hydrogen (secondary N) is 1. The Bertz CT molecular complexity index is 512. The van der Waals surface area contributed by atoms with Gasteiger partial charge in [0.25, 0.3) is 0 Å². The van der Waals surface area contributed by atoms with Crippen molar-refractivity contribution in [2.45, 2.75) is 20.3 Å². The quantitative estimate of drug-likeness (QED) is 0.939. The maximum Gasteiger partial charge on any atom is 0.223 e. The lowest BCUT2D eigenvalue weighted by Gasteiger charge is -2.05. The van der Waals surface area contributed by atoms with Crippen LogP contribution >= 0.6 is 15.9 Å². The van der Waals surface area contributed by atoms with Crippen LogP contribution in [0, 0.1) is 13.8 Å². The molecule has 0 aliphatic heterocycles. The van der Waals surface area contributed by atoms with E-state index in [0.29, 0.717) is 18.1 Å². The maximum absolute atomic E-state index is 4.89. The summed E-state index contributed by atoms with van der Waals surface area (Å²) in [6.45, 7) is 4.54. The Hall–Kier alpha value is -1.43. The first-order chi connectivity index (χ1) is 8.15. The molecular formula is C11H13BrN4O. The molecule has 0 bridgehead atoms. The summed E-state index contributed by atoms with van der Waals surface area (Å²) < 4.78 is 5.90. The summed E-state index contributed by atoms with van der Waals surface area (Å²) >= 11 is 3.41. The highest BCUT2D eigenvalue weighted by Crippen LogP contribution is 2.16. The van der Waals surface area contributed by atoms with E-state index >= 15 is 0 Å². The molecule has 6 heteroatoms. The maximum atomic E-state index is 4.89. The monoisotopic (exact) mass is 296 g/mol. The van der Waals surface area contributed by atoms with Crippen molar-refractivity contribution in [3.8, 4) is 0 Å². The molecule has 0 unspecified atom stereocenters. The number of hydrogen-bond donors (Lipinski definition) is 1. The molecule has 0 saturated heterocycles. The predicted octanol–water partition coefficient (Wildman–Crippen LogP) is 2.50. The van der Waals surface area contributed by atoms with E-state index in [2.05, 4.69) is 36.4 Å². The van der Waals surface area contributed by atoms with E-state index in [1.165, 1.54) is 0 Å². The molecule has 0 saturated carbocycles. The van der Waals surface area contributed by atoms with E-state index in [1.54, 1.807) is 13.1 Å². The Kier molecular flexibility index (Phi) is 3.73. The van der Waals surface area contributed by atoms with Crippen LogP contribution in [0.15, 0.2) is 21.3 Å². The number of rotatable bonds is 4. The fourth-order valence-electron chi connectivity index (χ4n) is 1.38. The molecule has 0 aliphatic rings. The largest absolute Gasteiger partial charge is 0.370 e. The van der Waals surface area contributed by atoms with Gasteiger partial charge in [-0.05, 0) is 34.5 Å². The van der Waals surface area contributed by atoms with Crippen molar-refractivity contribution in [1.29, 1.82) is 0 Å². The second-order valence-electron chi connectivity index (χ2n) is 3.73. The highest BCUT2D eigenvalue weighted by atomic mass is 79.9. The topological polar surface area (TPSA) is 63.8 Å². The average Bonchev–Trinajstić information content (AvgIpc) is 2.70. The van der Waals surface area contributed by atoms with E-state index in [0.717, 1.165) is 22.4 Å². The van der Waals surface area contributed by atoms with Crippen LogP contribution in [-0.4, -0.2) is 21.7 Å². The van der Waals surface area contributed by atoms with E-state index < -0.39 is 0 Å². The van der Waals surface area contributed by atoms with Crippen molar-refractivity contribution in [3.05, 3.63) is 34.0 Å². The summed E-state index contributed by atoms with van der Waals surface area (Å²) in [7, 11) is 0. The number of aryl methyl sites for hydroxylation is 2. The highest BCUT2D eigenvalue weighted by molar-refractivity contribution is 9.10. The predicted molar refractivity (Wildman–Crippen MR) is 67.9 cm³/mol. The summed E-state index contributed by atoms with van der Waals surface area (Å²) in [6, 6.07) is 1.99. The molecule has 0 aliphatic carbocycles. The fraction of sp³-hybridized carbons (Fsp3) is 0.364. The Labute approximate surface area is 108 Å². The number of nitrogens with zero attached hydrogens (tertiary/aromatic N) is 3. The van der Waals surface area contributed by atoms with Crippen LogP contribution in [0.5, 0.6) is 0 Å². The van der Waals surface area contributed by atoms with Crippen molar-refractivity contribution in [1.82, 2.24) is 15.1 Å². The van der Waals surface area contributed by atoms with E-state index in [9.17, 15) is 0 Å². The highest BCUT2D eigenvalue weighted by Gasteiger charge is 2.02.